The highest BCUT2D eigenvalue weighted by Gasteiger charge is 2.21. The van der Waals surface area contributed by atoms with E-state index >= 15 is 0 Å². The minimum atomic E-state index is -0.218. The van der Waals surface area contributed by atoms with Crippen LogP contribution in [0.15, 0.2) is 48.6 Å². The zero-order valence-corrected chi connectivity index (χ0v) is 43.9. The summed E-state index contributed by atoms with van der Waals surface area (Å²) < 4.78 is 12.0. The van der Waals surface area contributed by atoms with Gasteiger partial charge in [-0.3, -0.25) is 14.4 Å². The quantitative estimate of drug-likeness (QED) is 0.0301. The van der Waals surface area contributed by atoms with Crippen LogP contribution >= 0.6 is 11.8 Å². The lowest BCUT2D eigenvalue weighted by Crippen LogP contribution is -3.00. The van der Waals surface area contributed by atoms with Crippen molar-refractivity contribution in [2.45, 2.75) is 200 Å². The Balaban J connectivity index is 0.0000397. The molecule has 370 valence electrons. The first-order valence-electron chi connectivity index (χ1n) is 25.7. The Hall–Kier alpha value is -2.14. The van der Waals surface area contributed by atoms with Gasteiger partial charge in [0, 0.05) is 30.7 Å². The minimum Gasteiger partial charge on any atom is -1.00 e. The van der Waals surface area contributed by atoms with Crippen LogP contribution in [0.1, 0.15) is 199 Å². The van der Waals surface area contributed by atoms with Crippen LogP contribution in [0.4, 0.5) is 5.69 Å². The van der Waals surface area contributed by atoms with E-state index in [1.165, 1.54) is 116 Å². The van der Waals surface area contributed by atoms with Crippen molar-refractivity contribution < 1.29 is 50.4 Å². The lowest BCUT2D eigenvalue weighted by molar-refractivity contribution is -0.888. The van der Waals surface area contributed by atoms with E-state index in [1.807, 2.05) is 24.3 Å². The summed E-state index contributed by atoms with van der Waals surface area (Å²) >= 11 is 1.58. The summed E-state index contributed by atoms with van der Waals surface area (Å²) in [6.45, 7) is 6.79. The molecule has 0 atom stereocenters. The third-order valence-electron chi connectivity index (χ3n) is 11.9. The van der Waals surface area contributed by atoms with Gasteiger partial charge in [0.1, 0.15) is 13.2 Å². The molecular weight excluding hydrogens is 885 g/mol. The number of aliphatic hydroxyl groups excluding tert-OH is 1. The monoisotopic (exact) mass is 979 g/mol. The number of hydrogen-bond acceptors (Lipinski definition) is 7. The number of carbonyl (C=O) groups excluding carboxylic acids is 3. The molecule has 0 saturated heterocycles. The molecule has 0 bridgehead atoms. The predicted molar refractivity (Wildman–Crippen MR) is 270 cm³/mol. The van der Waals surface area contributed by atoms with Crippen LogP contribution in [0.2, 0.25) is 0 Å². The van der Waals surface area contributed by atoms with Crippen molar-refractivity contribution in [3.8, 4) is 0 Å². The molecule has 0 fully saturated rings. The molecule has 0 aliphatic rings. The number of allylic oxidation sites excluding steroid dienone is 4. The molecule has 0 heterocycles. The number of benzene rings is 1. The molecule has 1 amide bonds. The highest BCUT2D eigenvalue weighted by Crippen LogP contribution is 2.23. The van der Waals surface area contributed by atoms with Gasteiger partial charge in [-0.1, -0.05) is 159 Å². The molecule has 1 aromatic rings. The number of unbranched alkanes of at least 4 members (excludes halogenated alkanes) is 22. The highest BCUT2D eigenvalue weighted by atomic mass is 79.9. The van der Waals surface area contributed by atoms with Crippen molar-refractivity contribution in [3.63, 3.8) is 0 Å². The lowest BCUT2D eigenvalue weighted by atomic mass is 10.1. The van der Waals surface area contributed by atoms with Crippen LogP contribution in [0, 0.1) is 0 Å². The van der Waals surface area contributed by atoms with E-state index in [0.29, 0.717) is 36.0 Å². The van der Waals surface area contributed by atoms with Crippen LogP contribution in [-0.2, 0) is 30.3 Å². The number of thioether (sulfide) groups is 1. The molecule has 0 spiro atoms. The Morgan fingerprint density at radius 1 is 0.609 bits per heavy atom. The number of esters is 2. The number of ether oxygens (including phenoxy) is 2. The van der Waals surface area contributed by atoms with Crippen LogP contribution in [0.25, 0.3) is 0 Å². The number of amides is 1. The van der Waals surface area contributed by atoms with Crippen molar-refractivity contribution in [2.24, 2.45) is 0 Å². The Bertz CT molecular complexity index is 1320. The first-order chi connectivity index (χ1) is 30.7. The van der Waals surface area contributed by atoms with E-state index in [0.717, 1.165) is 74.9 Å². The maximum atomic E-state index is 13.8. The number of nitrogens with zero attached hydrogens (tertiary/aromatic N) is 2. The minimum absolute atomic E-state index is 0. The molecule has 0 unspecified atom stereocenters. The Labute approximate surface area is 407 Å². The summed E-state index contributed by atoms with van der Waals surface area (Å²) in [6.07, 6.45) is 42.3. The summed E-state index contributed by atoms with van der Waals surface area (Å²) in [7, 11) is 4.16. The number of aliphatic hydroxyl groups is 1. The van der Waals surface area contributed by atoms with E-state index in [1.54, 1.807) is 16.7 Å². The number of para-hydroxylation sites is 1. The molecule has 0 radical (unpaired) electrons. The van der Waals surface area contributed by atoms with Gasteiger partial charge in [-0.2, -0.15) is 0 Å². The van der Waals surface area contributed by atoms with Gasteiger partial charge in [-0.05, 0) is 75.8 Å². The van der Waals surface area contributed by atoms with E-state index in [9.17, 15) is 19.5 Å². The Kier molecular flexibility index (Phi) is 43.2. The second-order valence-corrected chi connectivity index (χ2v) is 19.3. The normalized spacial score (nSPS) is 11.6. The number of anilines is 1. The van der Waals surface area contributed by atoms with Gasteiger partial charge in [0.05, 0.1) is 46.2 Å². The van der Waals surface area contributed by atoms with Gasteiger partial charge < -0.3 is 40.9 Å². The largest absolute Gasteiger partial charge is 1.00 e. The number of halogens is 1. The van der Waals surface area contributed by atoms with E-state index in [-0.39, 0.29) is 61.2 Å². The second-order valence-electron chi connectivity index (χ2n) is 18.2. The molecule has 0 saturated carbocycles. The summed E-state index contributed by atoms with van der Waals surface area (Å²) in [4.78, 5) is 40.8. The molecule has 1 rings (SSSR count). The summed E-state index contributed by atoms with van der Waals surface area (Å²) in [5.74, 6) is 0.641. The fraction of sp³-hybridized carbons (Fsp3) is 0.759. The van der Waals surface area contributed by atoms with E-state index in [2.05, 4.69) is 52.2 Å². The maximum Gasteiger partial charge on any atom is 0.305 e. The van der Waals surface area contributed by atoms with Crippen molar-refractivity contribution >= 4 is 35.3 Å². The third-order valence-corrected chi connectivity index (χ3v) is 12.8. The summed E-state index contributed by atoms with van der Waals surface area (Å²) in [5, 5.41) is 9.41. The van der Waals surface area contributed by atoms with Crippen LogP contribution in [-0.4, -0.2) is 92.5 Å². The number of quaternary nitrogens is 1. The highest BCUT2D eigenvalue weighted by molar-refractivity contribution is 7.99. The van der Waals surface area contributed by atoms with Crippen molar-refractivity contribution in [1.82, 2.24) is 0 Å². The topological polar surface area (TPSA) is 93.1 Å². The Morgan fingerprint density at radius 3 is 1.53 bits per heavy atom. The number of likely N-dealkylation sites (N-methyl/N-ethyl adjacent to an activating group) is 1. The number of rotatable bonds is 44. The number of hydrogen-bond donors (Lipinski definition) is 1. The van der Waals surface area contributed by atoms with Gasteiger partial charge in [0.25, 0.3) is 0 Å². The molecular formula is C54H95BrN2O6S. The fourth-order valence-corrected chi connectivity index (χ4v) is 8.74. The molecule has 1 aromatic carbocycles. The first kappa shape index (κ1) is 61.9. The van der Waals surface area contributed by atoms with Gasteiger partial charge in [0.15, 0.2) is 0 Å². The van der Waals surface area contributed by atoms with Crippen molar-refractivity contribution in [2.75, 3.05) is 70.0 Å². The molecule has 0 aromatic heterocycles. The van der Waals surface area contributed by atoms with Gasteiger partial charge in [-0.15, -0.1) is 11.8 Å². The fourth-order valence-electron chi connectivity index (χ4n) is 7.65. The zero-order chi connectivity index (χ0) is 45.9. The average Bonchev–Trinajstić information content (AvgIpc) is 3.26. The van der Waals surface area contributed by atoms with Crippen LogP contribution in [0.5, 0.6) is 0 Å². The first-order valence-corrected chi connectivity index (χ1v) is 26.9. The predicted octanol–water partition coefficient (Wildman–Crippen LogP) is 10.5. The standard InChI is InChI=1S/C54H95N2O6S.BrH/c1-5-7-9-11-13-15-17-19-21-23-25-27-29-31-33-39-53(59)61-46-41-50-37-35-36-38-51(50)55(52(58)49-63-48-44-56(3,4)43-45-57)42-47-62-54(60)40-34-32-30-28-26-24-22-20-18-16-14-12-10-8-6-2;/h19-22,35-38,57H,5-18,23-34,39-49H2,1-4H3;1H/q+1;/p-1. The molecule has 1 N–H and O–H groups in total. The molecule has 10 heteroatoms. The third kappa shape index (κ3) is 37.0. The lowest BCUT2D eigenvalue weighted by Gasteiger charge is -2.29. The second kappa shape index (κ2) is 44.7. The number of carbonyl (C=O) groups is 3. The SMILES string of the molecule is CCCCCCCCC=CCCCCCCCC(=O)OCCc1ccccc1N(CCOC(=O)CCCCCCCC=CCCCCCCCC)C(=O)CSCC[N+](C)(C)CCO.[Br-]. The van der Waals surface area contributed by atoms with Crippen molar-refractivity contribution in [1.29, 1.82) is 0 Å². The van der Waals surface area contributed by atoms with Gasteiger partial charge in [-0.25, -0.2) is 0 Å². The van der Waals surface area contributed by atoms with Crippen molar-refractivity contribution in [3.05, 3.63) is 54.1 Å². The molecule has 8 nitrogen and oxygen atoms in total. The molecule has 0 aliphatic carbocycles. The zero-order valence-electron chi connectivity index (χ0n) is 41.5. The Morgan fingerprint density at radius 2 is 1.05 bits per heavy atom. The molecule has 64 heavy (non-hydrogen) atoms. The van der Waals surface area contributed by atoms with E-state index < -0.39 is 0 Å². The smallest absolute Gasteiger partial charge is 0.305 e. The van der Waals surface area contributed by atoms with E-state index in [4.69, 9.17) is 9.47 Å². The average molecular weight is 980 g/mol. The summed E-state index contributed by atoms with van der Waals surface area (Å²) in [6, 6.07) is 7.77. The van der Waals surface area contributed by atoms with Gasteiger partial charge in [0.2, 0.25) is 5.91 Å². The summed E-state index contributed by atoms with van der Waals surface area (Å²) in [5.41, 5.74) is 1.69. The molecule has 0 aliphatic heterocycles. The van der Waals surface area contributed by atoms with Crippen LogP contribution in [0.3, 0.4) is 0 Å². The van der Waals surface area contributed by atoms with Gasteiger partial charge >= 0.3 is 11.9 Å². The maximum absolute atomic E-state index is 13.8. The van der Waals surface area contributed by atoms with Crippen LogP contribution < -0.4 is 21.9 Å².